The number of carboxylic acid groups (broad SMARTS) is 1. The molecule has 19 nitrogen and oxygen atoms in total. The highest BCUT2D eigenvalue weighted by molar-refractivity contribution is 5.98. The van der Waals surface area contributed by atoms with Gasteiger partial charge in [0.05, 0.1) is 6.54 Å². The van der Waals surface area contributed by atoms with E-state index in [0.717, 1.165) is 5.56 Å². The molecule has 4 rings (SSSR count). The average molecular weight is 1000 g/mol. The molecular formula is C53H79N9O10. The summed E-state index contributed by atoms with van der Waals surface area (Å²) in [5, 5.41) is 26.7. The van der Waals surface area contributed by atoms with Crippen LogP contribution in [-0.4, -0.2) is 136 Å². The number of aliphatic carboxylic acids is 1. The summed E-state index contributed by atoms with van der Waals surface area (Å²) in [6, 6.07) is 9.23. The summed E-state index contributed by atoms with van der Waals surface area (Å²) in [5.41, 5.74) is 6.94. The fraction of sp³-hybridized carbons (Fsp3) is 0.604. The molecule has 2 saturated heterocycles. The number of carboxylic acids is 1. The lowest BCUT2D eigenvalue weighted by Crippen LogP contribution is -2.61. The van der Waals surface area contributed by atoms with Gasteiger partial charge >= 0.3 is 5.97 Å². The van der Waals surface area contributed by atoms with Crippen molar-refractivity contribution >= 4 is 53.2 Å². The lowest BCUT2D eigenvalue weighted by atomic mass is 9.94. The molecule has 0 aromatic heterocycles. The smallest absolute Gasteiger partial charge is 0.326 e. The van der Waals surface area contributed by atoms with Gasteiger partial charge in [0.25, 0.3) is 0 Å². The molecule has 0 aliphatic carbocycles. The van der Waals surface area contributed by atoms with Gasteiger partial charge in [-0.15, -0.1) is 0 Å². The Morgan fingerprint density at radius 1 is 0.583 bits per heavy atom. The first-order valence-electron chi connectivity index (χ1n) is 25.6. The number of nitrogens with one attached hydrogen (secondary N) is 6. The monoisotopic (exact) mass is 1000 g/mol. The third-order valence-corrected chi connectivity index (χ3v) is 13.8. The van der Waals surface area contributed by atoms with Gasteiger partial charge in [0.1, 0.15) is 48.3 Å². The van der Waals surface area contributed by atoms with E-state index in [2.05, 4.69) is 31.9 Å². The summed E-state index contributed by atoms with van der Waals surface area (Å²) in [6.45, 7) is 14.8. The quantitative estimate of drug-likeness (QED) is 0.0677. The van der Waals surface area contributed by atoms with Crippen LogP contribution in [0.4, 0.5) is 0 Å². The SMILES string of the molecule is CC[C@H](C)[C@H](NC(=O)CN)C(=O)N[C@H](C(=O)N[C@@H](CC(C)C)C(=O)N[C@H](C(=O)N1CCC[C@H]1C(=O)N1CCC[C@H]1C(=O)N[C@@H](Cc1ccccc1)C(=O)N[C@@H](Cc1ccccc1)C(=O)O)C(C)C)[C@@H](C)CC. The fourth-order valence-electron chi connectivity index (χ4n) is 9.22. The molecule has 396 valence electrons. The van der Waals surface area contributed by atoms with Gasteiger partial charge in [0.2, 0.25) is 47.3 Å². The minimum absolute atomic E-state index is 0.0188. The number of nitrogens with zero attached hydrogens (tertiary/aromatic N) is 2. The van der Waals surface area contributed by atoms with Crippen molar-refractivity contribution in [1.82, 2.24) is 41.7 Å². The van der Waals surface area contributed by atoms with Crippen LogP contribution in [0.3, 0.4) is 0 Å². The maximum atomic E-state index is 14.6. The van der Waals surface area contributed by atoms with Gasteiger partial charge in [0.15, 0.2) is 0 Å². The van der Waals surface area contributed by atoms with Crippen LogP contribution in [0.2, 0.25) is 0 Å². The van der Waals surface area contributed by atoms with Gasteiger partial charge < -0.3 is 52.5 Å². The van der Waals surface area contributed by atoms with Crippen LogP contribution in [0, 0.1) is 23.7 Å². The second-order valence-corrected chi connectivity index (χ2v) is 20.1. The third-order valence-electron chi connectivity index (χ3n) is 13.8. The van der Waals surface area contributed by atoms with Crippen molar-refractivity contribution in [1.29, 1.82) is 0 Å². The van der Waals surface area contributed by atoms with Crippen molar-refractivity contribution in [2.45, 2.75) is 162 Å². The van der Waals surface area contributed by atoms with E-state index in [4.69, 9.17) is 5.73 Å². The van der Waals surface area contributed by atoms with Gasteiger partial charge in [-0.3, -0.25) is 38.4 Å². The number of hydrogen-bond acceptors (Lipinski definition) is 10. The molecule has 2 fully saturated rings. The van der Waals surface area contributed by atoms with Gasteiger partial charge in [-0.25, -0.2) is 4.79 Å². The van der Waals surface area contributed by atoms with Crippen LogP contribution in [-0.2, 0) is 56.0 Å². The third kappa shape index (κ3) is 16.3. The zero-order chi connectivity index (χ0) is 53.2. The van der Waals surface area contributed by atoms with Crippen LogP contribution >= 0.6 is 0 Å². The normalized spacial score (nSPS) is 18.9. The number of benzene rings is 2. The Labute approximate surface area is 424 Å². The van der Waals surface area contributed by atoms with Crippen LogP contribution in [0.5, 0.6) is 0 Å². The van der Waals surface area contributed by atoms with Crippen LogP contribution < -0.4 is 37.6 Å². The van der Waals surface area contributed by atoms with E-state index in [1.807, 2.05) is 33.8 Å². The number of rotatable bonds is 26. The Kier molecular flexibility index (Phi) is 22.7. The molecular weight excluding hydrogens is 923 g/mol. The molecule has 0 unspecified atom stereocenters. The molecule has 0 saturated carbocycles. The minimum Gasteiger partial charge on any atom is -0.480 e. The van der Waals surface area contributed by atoms with Crippen molar-refractivity contribution in [2.24, 2.45) is 29.4 Å². The fourth-order valence-corrected chi connectivity index (χ4v) is 9.22. The molecule has 2 aromatic carbocycles. The molecule has 8 amide bonds. The lowest BCUT2D eigenvalue weighted by Gasteiger charge is -2.35. The van der Waals surface area contributed by atoms with Crippen LogP contribution in [0.15, 0.2) is 60.7 Å². The van der Waals surface area contributed by atoms with Crippen molar-refractivity contribution in [3.63, 3.8) is 0 Å². The summed E-state index contributed by atoms with van der Waals surface area (Å²) in [5.74, 6) is -6.92. The predicted octanol–water partition coefficient (Wildman–Crippen LogP) is 2.20. The van der Waals surface area contributed by atoms with Crippen molar-refractivity contribution < 1.29 is 48.3 Å². The first kappa shape index (κ1) is 58.2. The molecule has 2 heterocycles. The summed E-state index contributed by atoms with van der Waals surface area (Å²) >= 11 is 0. The van der Waals surface area contributed by atoms with E-state index < -0.39 is 107 Å². The van der Waals surface area contributed by atoms with E-state index >= 15 is 0 Å². The highest BCUT2D eigenvalue weighted by atomic mass is 16.4. The second-order valence-electron chi connectivity index (χ2n) is 20.1. The number of carbonyl (C=O) groups excluding carboxylic acids is 8. The Hall–Kier alpha value is -6.37. The largest absolute Gasteiger partial charge is 0.480 e. The van der Waals surface area contributed by atoms with Crippen molar-refractivity contribution in [3.05, 3.63) is 71.8 Å². The Morgan fingerprint density at radius 2 is 1.06 bits per heavy atom. The van der Waals surface area contributed by atoms with Crippen molar-refractivity contribution in [2.75, 3.05) is 19.6 Å². The molecule has 0 radical (unpaired) electrons. The van der Waals surface area contributed by atoms with Crippen LogP contribution in [0.1, 0.15) is 111 Å². The van der Waals surface area contributed by atoms with Gasteiger partial charge in [-0.05, 0) is 66.9 Å². The Balaban J connectivity index is 1.50. The molecule has 2 aromatic rings. The standard InChI is InChI=1S/C53H79N9O10/c1-9-33(7)44(58-42(63)30-54)50(68)60-45(34(8)10-2)49(67)56-37(27-31(3)4)47(65)59-43(32(5)6)52(70)62-26-18-24-41(62)51(69)61-25-17-23-40(61)48(66)55-38(28-35-19-13-11-14-20-35)46(64)57-39(53(71)72)29-36-21-15-12-16-22-36/h11-16,19-22,31-34,37-41,43-45H,9-10,17-18,23-30,54H2,1-8H3,(H,55,66)(H,56,67)(H,57,64)(H,58,63)(H,59,65)(H,60,68)(H,71,72)/t33-,34-,37-,38-,39-,40-,41-,43-,44-,45-/m0/s1. The van der Waals surface area contributed by atoms with E-state index in [1.54, 1.807) is 82.3 Å². The lowest BCUT2D eigenvalue weighted by molar-refractivity contribution is -0.148. The summed E-state index contributed by atoms with van der Waals surface area (Å²) < 4.78 is 0. The maximum Gasteiger partial charge on any atom is 0.326 e. The van der Waals surface area contributed by atoms with Gasteiger partial charge in [-0.2, -0.15) is 0 Å². The van der Waals surface area contributed by atoms with Crippen LogP contribution in [0.25, 0.3) is 0 Å². The molecule has 2 aliphatic rings. The molecule has 10 atom stereocenters. The average Bonchev–Trinajstić information content (AvgIpc) is 4.07. The predicted molar refractivity (Wildman–Crippen MR) is 271 cm³/mol. The Morgan fingerprint density at radius 3 is 1.57 bits per heavy atom. The molecule has 2 aliphatic heterocycles. The first-order chi connectivity index (χ1) is 34.2. The van der Waals surface area contributed by atoms with Gasteiger partial charge in [0, 0.05) is 25.9 Å². The summed E-state index contributed by atoms with van der Waals surface area (Å²) in [4.78, 5) is 127. The second kappa shape index (κ2) is 28.0. The Bertz CT molecular complexity index is 2180. The zero-order valence-electron chi connectivity index (χ0n) is 43.3. The maximum absolute atomic E-state index is 14.6. The topological polar surface area (TPSA) is 279 Å². The van der Waals surface area contributed by atoms with Gasteiger partial charge in [-0.1, -0.05) is 129 Å². The van der Waals surface area contributed by atoms with Crippen molar-refractivity contribution in [3.8, 4) is 0 Å². The number of nitrogens with two attached hydrogens (primary N) is 1. The number of hydrogen-bond donors (Lipinski definition) is 8. The highest BCUT2D eigenvalue weighted by Crippen LogP contribution is 2.27. The molecule has 72 heavy (non-hydrogen) atoms. The molecule has 9 N–H and O–H groups in total. The minimum atomic E-state index is -1.28. The summed E-state index contributed by atoms with van der Waals surface area (Å²) in [7, 11) is 0. The van der Waals surface area contributed by atoms with E-state index in [0.29, 0.717) is 44.1 Å². The van der Waals surface area contributed by atoms with E-state index in [-0.39, 0.29) is 56.7 Å². The van der Waals surface area contributed by atoms with E-state index in [9.17, 15) is 48.3 Å². The molecule has 0 bridgehead atoms. The zero-order valence-corrected chi connectivity index (χ0v) is 43.3. The molecule has 19 heteroatoms. The molecule has 0 spiro atoms. The van der Waals surface area contributed by atoms with E-state index in [1.165, 1.54) is 9.80 Å². The summed E-state index contributed by atoms with van der Waals surface area (Å²) in [6.07, 6.45) is 2.91. The number of amides is 8. The number of carbonyl (C=O) groups is 9. The first-order valence-corrected chi connectivity index (χ1v) is 25.6. The highest BCUT2D eigenvalue weighted by Gasteiger charge is 2.45. The number of likely N-dealkylation sites (tertiary alicyclic amines) is 2.